The summed E-state index contributed by atoms with van der Waals surface area (Å²) in [7, 11) is 0. The zero-order valence-corrected chi connectivity index (χ0v) is 14.5. The molecule has 0 bridgehead atoms. The first-order chi connectivity index (χ1) is 12.3. The number of carbonyl (C=O) groups is 1. The van der Waals surface area contributed by atoms with E-state index in [1.165, 1.54) is 0 Å². The number of amides is 1. The van der Waals surface area contributed by atoms with Crippen LogP contribution in [0.25, 0.3) is 11.4 Å². The van der Waals surface area contributed by atoms with Gasteiger partial charge in [-0.1, -0.05) is 5.16 Å². The van der Waals surface area contributed by atoms with E-state index in [1.54, 1.807) is 29.8 Å². The van der Waals surface area contributed by atoms with E-state index in [9.17, 15) is 4.79 Å². The molecule has 1 fully saturated rings. The maximum atomic E-state index is 12.6. The van der Waals surface area contributed by atoms with E-state index < -0.39 is 0 Å². The van der Waals surface area contributed by atoms with Gasteiger partial charge in [-0.3, -0.25) is 9.78 Å². The van der Waals surface area contributed by atoms with Gasteiger partial charge in [0, 0.05) is 42.8 Å². The molecule has 6 nitrogen and oxygen atoms in total. The van der Waals surface area contributed by atoms with Gasteiger partial charge in [0.15, 0.2) is 0 Å². The van der Waals surface area contributed by atoms with Crippen LogP contribution in [0.4, 0.5) is 0 Å². The van der Waals surface area contributed by atoms with Gasteiger partial charge < -0.3 is 9.42 Å². The molecule has 0 N–H and O–H groups in total. The Bertz CT molecular complexity index is 832. The number of nitrogens with zero attached hydrogens (tertiary/aromatic N) is 4. The van der Waals surface area contributed by atoms with Crippen LogP contribution in [0.1, 0.15) is 29.1 Å². The molecule has 0 spiro atoms. The normalized spacial score (nSPS) is 17.6. The fourth-order valence-corrected chi connectivity index (χ4v) is 3.82. The first-order valence-corrected chi connectivity index (χ1v) is 9.28. The molecule has 1 saturated heterocycles. The van der Waals surface area contributed by atoms with Crippen molar-refractivity contribution in [3.05, 3.63) is 52.8 Å². The van der Waals surface area contributed by atoms with E-state index in [0.717, 1.165) is 24.9 Å². The lowest BCUT2D eigenvalue weighted by Crippen LogP contribution is -2.40. The molecule has 1 aliphatic heterocycles. The summed E-state index contributed by atoms with van der Waals surface area (Å²) in [6, 6.07) is 5.58. The number of likely N-dealkylation sites (tertiary alicyclic amines) is 1. The zero-order chi connectivity index (χ0) is 17.1. The standard InChI is InChI=1S/C18H18N4O2S/c23-18(14-4-1-6-19-10-14)22-7-2-3-13(11-22)9-16-20-17(21-24-16)15-5-8-25-12-15/h1,4-6,8,10,12-13H,2-3,7,9,11H2. The van der Waals surface area contributed by atoms with Gasteiger partial charge in [0.2, 0.25) is 11.7 Å². The number of piperidine rings is 1. The van der Waals surface area contributed by atoms with Crippen molar-refractivity contribution in [2.24, 2.45) is 5.92 Å². The molecule has 4 heterocycles. The van der Waals surface area contributed by atoms with Gasteiger partial charge in [-0.15, -0.1) is 0 Å². The second-order valence-electron chi connectivity index (χ2n) is 6.23. The summed E-state index contributed by atoms with van der Waals surface area (Å²) in [5.41, 5.74) is 1.62. The molecule has 0 saturated carbocycles. The summed E-state index contributed by atoms with van der Waals surface area (Å²) >= 11 is 1.61. The third-order valence-corrected chi connectivity index (χ3v) is 5.11. The number of rotatable bonds is 4. The monoisotopic (exact) mass is 354 g/mol. The van der Waals surface area contributed by atoms with Crippen LogP contribution in [0, 0.1) is 5.92 Å². The van der Waals surface area contributed by atoms with Gasteiger partial charge in [-0.2, -0.15) is 16.3 Å². The number of hydrogen-bond donors (Lipinski definition) is 0. The van der Waals surface area contributed by atoms with Crippen molar-refractivity contribution >= 4 is 17.2 Å². The summed E-state index contributed by atoms with van der Waals surface area (Å²) in [6.45, 7) is 1.50. The molecule has 0 aromatic carbocycles. The van der Waals surface area contributed by atoms with Gasteiger partial charge in [0.1, 0.15) is 0 Å². The summed E-state index contributed by atoms with van der Waals surface area (Å²) in [6.07, 6.45) is 6.05. The molecule has 128 valence electrons. The molecule has 1 atom stereocenters. The van der Waals surface area contributed by atoms with Gasteiger partial charge in [0.05, 0.1) is 5.56 Å². The highest BCUT2D eigenvalue weighted by Gasteiger charge is 2.26. The van der Waals surface area contributed by atoms with Crippen LogP contribution in [0.2, 0.25) is 0 Å². The Labute approximate surface area is 149 Å². The fraction of sp³-hybridized carbons (Fsp3) is 0.333. The third-order valence-electron chi connectivity index (χ3n) is 4.43. The van der Waals surface area contributed by atoms with Crippen LogP contribution in [0.15, 0.2) is 45.9 Å². The molecule has 7 heteroatoms. The van der Waals surface area contributed by atoms with Gasteiger partial charge in [-0.05, 0) is 42.3 Å². The Morgan fingerprint density at radius 2 is 2.36 bits per heavy atom. The van der Waals surface area contributed by atoms with E-state index in [1.807, 2.05) is 27.8 Å². The maximum Gasteiger partial charge on any atom is 0.255 e. The van der Waals surface area contributed by atoms with Crippen molar-refractivity contribution in [1.82, 2.24) is 20.0 Å². The molecule has 1 unspecified atom stereocenters. The minimum absolute atomic E-state index is 0.0438. The zero-order valence-electron chi connectivity index (χ0n) is 13.7. The van der Waals surface area contributed by atoms with Crippen LogP contribution in [0.5, 0.6) is 0 Å². The van der Waals surface area contributed by atoms with Crippen LogP contribution in [-0.2, 0) is 6.42 Å². The van der Waals surface area contributed by atoms with Gasteiger partial charge >= 0.3 is 0 Å². The highest BCUT2D eigenvalue weighted by Crippen LogP contribution is 2.24. The van der Waals surface area contributed by atoms with E-state index in [0.29, 0.717) is 36.2 Å². The molecular weight excluding hydrogens is 336 g/mol. The summed E-state index contributed by atoms with van der Waals surface area (Å²) in [5, 5.41) is 8.06. The van der Waals surface area contributed by atoms with Crippen LogP contribution < -0.4 is 0 Å². The fourth-order valence-electron chi connectivity index (χ4n) is 3.18. The largest absolute Gasteiger partial charge is 0.339 e. The lowest BCUT2D eigenvalue weighted by Gasteiger charge is -2.32. The second kappa shape index (κ2) is 7.14. The van der Waals surface area contributed by atoms with Crippen molar-refractivity contribution in [2.75, 3.05) is 13.1 Å². The number of pyridine rings is 1. The van der Waals surface area contributed by atoms with Crippen molar-refractivity contribution in [3.63, 3.8) is 0 Å². The highest BCUT2D eigenvalue weighted by atomic mass is 32.1. The van der Waals surface area contributed by atoms with E-state index in [4.69, 9.17) is 4.52 Å². The average Bonchev–Trinajstić information content (AvgIpc) is 3.34. The highest BCUT2D eigenvalue weighted by molar-refractivity contribution is 7.08. The first kappa shape index (κ1) is 16.0. The average molecular weight is 354 g/mol. The SMILES string of the molecule is O=C(c1cccnc1)N1CCCC(Cc2nc(-c3ccsc3)no2)C1. The Morgan fingerprint density at radius 1 is 1.40 bits per heavy atom. The van der Waals surface area contributed by atoms with E-state index in [2.05, 4.69) is 15.1 Å². The van der Waals surface area contributed by atoms with Crippen molar-refractivity contribution in [3.8, 4) is 11.4 Å². The number of carbonyl (C=O) groups excluding carboxylic acids is 1. The number of hydrogen-bond acceptors (Lipinski definition) is 6. The lowest BCUT2D eigenvalue weighted by molar-refractivity contribution is 0.0667. The van der Waals surface area contributed by atoms with Crippen LogP contribution in [0.3, 0.4) is 0 Å². The summed E-state index contributed by atoms with van der Waals surface area (Å²) in [4.78, 5) is 23.0. The molecule has 0 radical (unpaired) electrons. The molecular formula is C18H18N4O2S. The third kappa shape index (κ3) is 3.61. The van der Waals surface area contributed by atoms with Crippen molar-refractivity contribution < 1.29 is 9.32 Å². The molecule has 0 aliphatic carbocycles. The van der Waals surface area contributed by atoms with Crippen molar-refractivity contribution in [1.29, 1.82) is 0 Å². The topological polar surface area (TPSA) is 72.1 Å². The second-order valence-corrected chi connectivity index (χ2v) is 7.01. The van der Waals surface area contributed by atoms with Crippen LogP contribution in [-0.4, -0.2) is 39.0 Å². The summed E-state index contributed by atoms with van der Waals surface area (Å²) < 4.78 is 5.40. The molecule has 3 aromatic heterocycles. The van der Waals surface area contributed by atoms with E-state index >= 15 is 0 Å². The maximum absolute atomic E-state index is 12.6. The molecule has 1 amide bonds. The van der Waals surface area contributed by atoms with Crippen LogP contribution >= 0.6 is 11.3 Å². The smallest absolute Gasteiger partial charge is 0.255 e. The Morgan fingerprint density at radius 3 is 3.16 bits per heavy atom. The predicted octanol–water partition coefficient (Wildman–Crippen LogP) is 3.29. The van der Waals surface area contributed by atoms with Gasteiger partial charge in [-0.25, -0.2) is 0 Å². The van der Waals surface area contributed by atoms with Gasteiger partial charge in [0.25, 0.3) is 5.91 Å². The Hall–Kier alpha value is -2.54. The molecule has 1 aliphatic rings. The Balaban J connectivity index is 1.41. The quantitative estimate of drug-likeness (QED) is 0.719. The molecule has 25 heavy (non-hydrogen) atoms. The first-order valence-electron chi connectivity index (χ1n) is 8.34. The molecule has 3 aromatic rings. The number of thiophene rings is 1. The van der Waals surface area contributed by atoms with E-state index in [-0.39, 0.29) is 5.91 Å². The van der Waals surface area contributed by atoms with Crippen molar-refractivity contribution in [2.45, 2.75) is 19.3 Å². The predicted molar refractivity (Wildman–Crippen MR) is 94.2 cm³/mol. The minimum atomic E-state index is 0.0438. The minimum Gasteiger partial charge on any atom is -0.339 e. The lowest BCUT2D eigenvalue weighted by atomic mass is 9.94. The summed E-state index contributed by atoms with van der Waals surface area (Å²) in [5.74, 6) is 1.66. The molecule has 4 rings (SSSR count). The Kier molecular flexibility index (Phi) is 4.56. The number of aromatic nitrogens is 3.